The van der Waals surface area contributed by atoms with Gasteiger partial charge in [-0.05, 0) is 35.9 Å². The van der Waals surface area contributed by atoms with Gasteiger partial charge in [-0.3, -0.25) is 9.59 Å². The molecule has 0 aliphatic rings. The summed E-state index contributed by atoms with van der Waals surface area (Å²) in [5.41, 5.74) is 1.21. The molecular formula is C20H19FN2O4. The van der Waals surface area contributed by atoms with Crippen molar-refractivity contribution in [1.82, 2.24) is 10.2 Å². The number of rotatable bonds is 8. The van der Waals surface area contributed by atoms with Crippen molar-refractivity contribution in [2.75, 3.05) is 6.54 Å². The Hall–Kier alpha value is -3.35. The van der Waals surface area contributed by atoms with Crippen molar-refractivity contribution in [2.45, 2.75) is 19.5 Å². The van der Waals surface area contributed by atoms with Gasteiger partial charge in [-0.25, -0.2) is 4.39 Å². The van der Waals surface area contributed by atoms with Gasteiger partial charge in [0.05, 0.1) is 24.6 Å². The molecule has 0 saturated heterocycles. The molecule has 2 amide bonds. The average Bonchev–Trinajstić information content (AvgIpc) is 3.38. The number of carbonyl (C=O) groups is 2. The van der Waals surface area contributed by atoms with Gasteiger partial charge in [0.25, 0.3) is 5.91 Å². The minimum atomic E-state index is -0.323. The van der Waals surface area contributed by atoms with Crippen LogP contribution in [-0.2, 0) is 17.9 Å². The van der Waals surface area contributed by atoms with Crippen LogP contribution in [0.1, 0.15) is 28.1 Å². The maximum absolute atomic E-state index is 12.9. The molecule has 7 heteroatoms. The Labute approximate surface area is 155 Å². The Kier molecular flexibility index (Phi) is 6.04. The monoisotopic (exact) mass is 370 g/mol. The molecule has 0 saturated carbocycles. The van der Waals surface area contributed by atoms with Crippen molar-refractivity contribution in [1.29, 1.82) is 0 Å². The van der Waals surface area contributed by atoms with E-state index in [1.54, 1.807) is 30.3 Å². The Morgan fingerprint density at radius 1 is 1.07 bits per heavy atom. The minimum absolute atomic E-state index is 0.130. The van der Waals surface area contributed by atoms with E-state index in [0.717, 1.165) is 5.56 Å². The molecule has 140 valence electrons. The molecule has 0 bridgehead atoms. The maximum Gasteiger partial charge on any atom is 0.257 e. The second-order valence-corrected chi connectivity index (χ2v) is 5.97. The topological polar surface area (TPSA) is 75.7 Å². The van der Waals surface area contributed by atoms with Crippen molar-refractivity contribution in [2.24, 2.45) is 0 Å². The fourth-order valence-corrected chi connectivity index (χ4v) is 2.54. The molecule has 1 N–H and O–H groups in total. The Bertz CT molecular complexity index is 858. The Morgan fingerprint density at radius 2 is 1.89 bits per heavy atom. The van der Waals surface area contributed by atoms with Crippen LogP contribution in [0.3, 0.4) is 0 Å². The molecule has 6 nitrogen and oxygen atoms in total. The zero-order valence-corrected chi connectivity index (χ0v) is 14.6. The van der Waals surface area contributed by atoms with Gasteiger partial charge < -0.3 is 19.1 Å². The third kappa shape index (κ3) is 5.31. The van der Waals surface area contributed by atoms with Gasteiger partial charge in [0.2, 0.25) is 5.91 Å². The summed E-state index contributed by atoms with van der Waals surface area (Å²) in [5.74, 6) is -0.148. The number of nitrogens with one attached hydrogen (secondary N) is 1. The number of furan rings is 2. The first kappa shape index (κ1) is 18.4. The van der Waals surface area contributed by atoms with Crippen LogP contribution >= 0.6 is 0 Å². The predicted molar refractivity (Wildman–Crippen MR) is 95.0 cm³/mol. The average molecular weight is 370 g/mol. The summed E-state index contributed by atoms with van der Waals surface area (Å²) in [6, 6.07) is 11.0. The first-order valence-electron chi connectivity index (χ1n) is 8.47. The van der Waals surface area contributed by atoms with E-state index < -0.39 is 0 Å². The van der Waals surface area contributed by atoms with Gasteiger partial charge in [0, 0.05) is 19.5 Å². The summed E-state index contributed by atoms with van der Waals surface area (Å²) in [5, 5.41) is 2.77. The molecule has 0 unspecified atom stereocenters. The van der Waals surface area contributed by atoms with E-state index in [1.807, 2.05) is 0 Å². The van der Waals surface area contributed by atoms with Crippen molar-refractivity contribution >= 4 is 11.8 Å². The second kappa shape index (κ2) is 8.84. The number of benzene rings is 1. The molecule has 2 aromatic heterocycles. The number of halogens is 1. The number of carbonyl (C=O) groups excluding carboxylic acids is 2. The lowest BCUT2D eigenvalue weighted by molar-refractivity contribution is -0.121. The number of amides is 2. The normalized spacial score (nSPS) is 10.6. The van der Waals surface area contributed by atoms with Gasteiger partial charge in [-0.15, -0.1) is 0 Å². The van der Waals surface area contributed by atoms with E-state index in [4.69, 9.17) is 8.83 Å². The molecule has 0 aliphatic carbocycles. The van der Waals surface area contributed by atoms with Crippen LogP contribution in [0.2, 0.25) is 0 Å². The van der Waals surface area contributed by atoms with Crippen LogP contribution in [0.5, 0.6) is 0 Å². The van der Waals surface area contributed by atoms with E-state index >= 15 is 0 Å². The first-order valence-corrected chi connectivity index (χ1v) is 8.47. The molecule has 2 heterocycles. The minimum Gasteiger partial charge on any atom is -0.472 e. The predicted octanol–water partition coefficient (Wildman–Crippen LogP) is 3.36. The molecule has 0 atom stereocenters. The highest BCUT2D eigenvalue weighted by atomic mass is 19.1. The number of hydrogen-bond acceptors (Lipinski definition) is 4. The van der Waals surface area contributed by atoms with E-state index in [1.165, 1.54) is 35.8 Å². The largest absolute Gasteiger partial charge is 0.472 e. The summed E-state index contributed by atoms with van der Waals surface area (Å²) >= 11 is 0. The standard InChI is InChI=1S/C20H19FN2O4/c21-17-5-3-15(4-6-17)12-22-19(24)7-9-23(13-18-2-1-10-27-18)20(25)16-8-11-26-14-16/h1-6,8,10-11,14H,7,9,12-13H2,(H,22,24). The summed E-state index contributed by atoms with van der Waals surface area (Å²) in [6.07, 6.45) is 4.45. The van der Waals surface area contributed by atoms with E-state index in [-0.39, 0.29) is 37.1 Å². The van der Waals surface area contributed by atoms with Gasteiger partial charge >= 0.3 is 0 Å². The van der Waals surface area contributed by atoms with Crippen molar-refractivity contribution in [3.05, 3.63) is 84.0 Å². The highest BCUT2D eigenvalue weighted by molar-refractivity contribution is 5.94. The van der Waals surface area contributed by atoms with Gasteiger partial charge in [-0.2, -0.15) is 0 Å². The van der Waals surface area contributed by atoms with Crippen LogP contribution in [0.4, 0.5) is 4.39 Å². The Balaban J connectivity index is 1.55. The molecule has 3 rings (SSSR count). The molecule has 0 spiro atoms. The quantitative estimate of drug-likeness (QED) is 0.660. The van der Waals surface area contributed by atoms with Gasteiger partial charge in [0.1, 0.15) is 17.8 Å². The fraction of sp³-hybridized carbons (Fsp3) is 0.200. The second-order valence-electron chi connectivity index (χ2n) is 5.97. The maximum atomic E-state index is 12.9. The van der Waals surface area contributed by atoms with Crippen LogP contribution in [0.15, 0.2) is 70.1 Å². The molecule has 0 aliphatic heterocycles. The van der Waals surface area contributed by atoms with Gasteiger partial charge in [0.15, 0.2) is 0 Å². The molecule has 1 aromatic carbocycles. The van der Waals surface area contributed by atoms with Crippen LogP contribution in [0, 0.1) is 5.82 Å². The summed E-state index contributed by atoms with van der Waals surface area (Å²) in [6.45, 7) is 0.773. The van der Waals surface area contributed by atoms with Crippen molar-refractivity contribution < 1.29 is 22.8 Å². The lowest BCUT2D eigenvalue weighted by Gasteiger charge is -2.21. The highest BCUT2D eigenvalue weighted by Crippen LogP contribution is 2.12. The summed E-state index contributed by atoms with van der Waals surface area (Å²) in [4.78, 5) is 26.3. The SMILES string of the molecule is O=C(CCN(Cc1ccco1)C(=O)c1ccoc1)NCc1ccc(F)cc1. The smallest absolute Gasteiger partial charge is 0.257 e. The fourth-order valence-electron chi connectivity index (χ4n) is 2.54. The Morgan fingerprint density at radius 3 is 2.56 bits per heavy atom. The lowest BCUT2D eigenvalue weighted by atomic mass is 10.2. The highest BCUT2D eigenvalue weighted by Gasteiger charge is 2.19. The molecule has 3 aromatic rings. The third-order valence-corrected chi connectivity index (χ3v) is 3.99. The van der Waals surface area contributed by atoms with Crippen molar-refractivity contribution in [3.63, 3.8) is 0 Å². The number of nitrogens with zero attached hydrogens (tertiary/aromatic N) is 1. The van der Waals surface area contributed by atoms with Crippen molar-refractivity contribution in [3.8, 4) is 0 Å². The van der Waals surface area contributed by atoms with Gasteiger partial charge in [-0.1, -0.05) is 12.1 Å². The number of hydrogen-bond donors (Lipinski definition) is 1. The lowest BCUT2D eigenvalue weighted by Crippen LogP contribution is -2.34. The van der Waals surface area contributed by atoms with Crippen LogP contribution in [0.25, 0.3) is 0 Å². The molecule has 0 fully saturated rings. The van der Waals surface area contributed by atoms with E-state index in [9.17, 15) is 14.0 Å². The van der Waals surface area contributed by atoms with Crippen LogP contribution in [-0.4, -0.2) is 23.3 Å². The molecular weight excluding hydrogens is 351 g/mol. The zero-order chi connectivity index (χ0) is 19.1. The zero-order valence-electron chi connectivity index (χ0n) is 14.6. The molecule has 0 radical (unpaired) electrons. The van der Waals surface area contributed by atoms with E-state index in [2.05, 4.69) is 5.32 Å². The molecule has 27 heavy (non-hydrogen) atoms. The first-order chi connectivity index (χ1) is 13.1. The summed E-state index contributed by atoms with van der Waals surface area (Å²) in [7, 11) is 0. The van der Waals surface area contributed by atoms with E-state index in [0.29, 0.717) is 17.9 Å². The third-order valence-electron chi connectivity index (χ3n) is 3.99. The van der Waals surface area contributed by atoms with Crippen LogP contribution < -0.4 is 5.32 Å². The summed E-state index contributed by atoms with van der Waals surface area (Å²) < 4.78 is 23.2.